The Bertz CT molecular complexity index is 1070. The maximum atomic E-state index is 12.7. The van der Waals surface area contributed by atoms with Crippen molar-refractivity contribution >= 4 is 34.3 Å². The molecule has 0 radical (unpaired) electrons. The third kappa shape index (κ3) is 2.11. The molecule has 0 saturated heterocycles. The highest BCUT2D eigenvalue weighted by molar-refractivity contribution is 7.99. The number of fused-ring (bicyclic) bond motifs is 2. The molecule has 0 fully saturated rings. The molecule has 1 aromatic carbocycles. The lowest BCUT2D eigenvalue weighted by atomic mass is 10.2. The van der Waals surface area contributed by atoms with E-state index in [1.807, 2.05) is 0 Å². The lowest BCUT2D eigenvalue weighted by Crippen LogP contribution is -2.29. The number of nitro benzene ring substituents is 1. The van der Waals surface area contributed by atoms with Gasteiger partial charge in [0.1, 0.15) is 5.56 Å². The molecule has 24 heavy (non-hydrogen) atoms. The molecular formula is C14H9N5O4S. The average Bonchev–Trinajstić information content (AvgIpc) is 3.21. The fourth-order valence-corrected chi connectivity index (χ4v) is 3.49. The van der Waals surface area contributed by atoms with Crippen molar-refractivity contribution in [3.8, 4) is 0 Å². The van der Waals surface area contributed by atoms with Crippen molar-refractivity contribution in [3.63, 3.8) is 0 Å². The van der Waals surface area contributed by atoms with Gasteiger partial charge in [0.2, 0.25) is 0 Å². The number of thioether (sulfide) groups is 1. The van der Waals surface area contributed by atoms with Crippen LogP contribution >= 0.6 is 11.8 Å². The normalized spacial score (nSPS) is 13.2. The van der Waals surface area contributed by atoms with Crippen LogP contribution in [0.25, 0.3) is 10.9 Å². The zero-order valence-electron chi connectivity index (χ0n) is 12.1. The number of rotatable bonds is 2. The molecule has 1 aliphatic heterocycles. The quantitative estimate of drug-likeness (QED) is 0.391. The Morgan fingerprint density at radius 2 is 2.17 bits per heavy atom. The second-order valence-electron chi connectivity index (χ2n) is 5.12. The smallest absolute Gasteiger partial charge is 0.285 e. The number of nitrogens with zero attached hydrogens (tertiary/aromatic N) is 5. The Hall–Kier alpha value is -3.01. The van der Waals surface area contributed by atoms with Gasteiger partial charge in [0.15, 0.2) is 5.16 Å². The van der Waals surface area contributed by atoms with Crippen molar-refractivity contribution < 1.29 is 9.72 Å². The van der Waals surface area contributed by atoms with Crippen LogP contribution in [0.15, 0.2) is 40.5 Å². The third-order valence-electron chi connectivity index (χ3n) is 3.74. The van der Waals surface area contributed by atoms with Crippen LogP contribution < -0.4 is 5.56 Å². The van der Waals surface area contributed by atoms with Gasteiger partial charge in [0.25, 0.3) is 17.2 Å². The average molecular weight is 343 g/mol. The first-order chi connectivity index (χ1) is 11.6. The first-order valence-corrected chi connectivity index (χ1v) is 7.94. The molecule has 0 aliphatic carbocycles. The second kappa shape index (κ2) is 5.27. The van der Waals surface area contributed by atoms with E-state index in [2.05, 4.69) is 10.1 Å². The molecule has 0 bridgehead atoms. The number of carbonyl (C=O) groups excluding carboxylic acids is 1. The van der Waals surface area contributed by atoms with Gasteiger partial charge in [0.05, 0.1) is 16.6 Å². The van der Waals surface area contributed by atoms with E-state index >= 15 is 0 Å². The van der Waals surface area contributed by atoms with Gasteiger partial charge < -0.3 is 0 Å². The van der Waals surface area contributed by atoms with Crippen LogP contribution in [0, 0.1) is 10.1 Å². The van der Waals surface area contributed by atoms with Gasteiger partial charge in [-0.05, 0) is 6.07 Å². The predicted octanol–water partition coefficient (Wildman–Crippen LogP) is 1.30. The van der Waals surface area contributed by atoms with E-state index in [9.17, 15) is 19.7 Å². The highest BCUT2D eigenvalue weighted by Crippen LogP contribution is 2.22. The lowest BCUT2D eigenvalue weighted by Gasteiger charge is -2.05. The number of benzene rings is 1. The van der Waals surface area contributed by atoms with Crippen molar-refractivity contribution in [1.29, 1.82) is 0 Å². The summed E-state index contributed by atoms with van der Waals surface area (Å²) in [6.07, 6.45) is 2.61. The van der Waals surface area contributed by atoms with Crippen LogP contribution in [0.1, 0.15) is 10.4 Å². The van der Waals surface area contributed by atoms with E-state index in [-0.39, 0.29) is 11.3 Å². The number of aromatic nitrogens is 4. The summed E-state index contributed by atoms with van der Waals surface area (Å²) in [5.74, 6) is 0.136. The number of non-ortho nitro benzene ring substituents is 1. The van der Waals surface area contributed by atoms with Gasteiger partial charge in [0, 0.05) is 36.0 Å². The Morgan fingerprint density at radius 3 is 2.96 bits per heavy atom. The predicted molar refractivity (Wildman–Crippen MR) is 85.3 cm³/mol. The second-order valence-corrected chi connectivity index (χ2v) is 6.18. The highest BCUT2D eigenvalue weighted by Gasteiger charge is 2.23. The summed E-state index contributed by atoms with van der Waals surface area (Å²) >= 11 is 1.46. The molecule has 0 saturated carbocycles. The van der Waals surface area contributed by atoms with E-state index in [0.717, 1.165) is 10.4 Å². The number of nitro groups is 1. The van der Waals surface area contributed by atoms with Crippen molar-refractivity contribution in [1.82, 2.24) is 19.3 Å². The third-order valence-corrected chi connectivity index (χ3v) is 4.71. The van der Waals surface area contributed by atoms with Gasteiger partial charge in [-0.3, -0.25) is 24.3 Å². The molecule has 10 heteroatoms. The molecule has 4 rings (SSSR count). The number of carbonyl (C=O) groups is 1. The van der Waals surface area contributed by atoms with E-state index in [1.165, 1.54) is 46.9 Å². The molecule has 0 unspecified atom stereocenters. The fraction of sp³-hybridized carbons (Fsp3) is 0.143. The van der Waals surface area contributed by atoms with Crippen LogP contribution in [-0.4, -0.2) is 35.9 Å². The van der Waals surface area contributed by atoms with Crippen LogP contribution in [0.4, 0.5) is 5.69 Å². The van der Waals surface area contributed by atoms with E-state index in [0.29, 0.717) is 22.6 Å². The molecule has 3 heterocycles. The monoisotopic (exact) mass is 343 g/mol. The minimum atomic E-state index is -0.608. The van der Waals surface area contributed by atoms with E-state index in [4.69, 9.17) is 0 Å². The standard InChI is InChI=1S/C14H9N5O4S/c20-12-10(7-15-14-17(12)3-4-24-14)13(21)18-11-2-1-9(19(22)23)5-8(11)6-16-18/h1-2,5-7H,3-4H2. The van der Waals surface area contributed by atoms with Crippen LogP contribution in [0.3, 0.4) is 0 Å². The van der Waals surface area contributed by atoms with Crippen LogP contribution in [-0.2, 0) is 6.54 Å². The fourth-order valence-electron chi connectivity index (χ4n) is 2.57. The molecule has 2 aromatic heterocycles. The first kappa shape index (κ1) is 14.6. The summed E-state index contributed by atoms with van der Waals surface area (Å²) in [4.78, 5) is 39.5. The SMILES string of the molecule is O=C(c1cnc2n(c1=O)CCS2)n1ncc2cc([N+](=O)[O-])ccc21. The van der Waals surface area contributed by atoms with Crippen LogP contribution in [0.5, 0.6) is 0 Å². The van der Waals surface area contributed by atoms with E-state index < -0.39 is 16.4 Å². The molecule has 0 spiro atoms. The maximum Gasteiger partial charge on any atom is 0.285 e. The molecule has 3 aromatic rings. The zero-order chi connectivity index (χ0) is 16.8. The summed E-state index contributed by atoms with van der Waals surface area (Å²) in [5, 5.41) is 15.8. The summed E-state index contributed by atoms with van der Waals surface area (Å²) in [6, 6.07) is 4.06. The Kier molecular flexibility index (Phi) is 3.20. The molecule has 0 atom stereocenters. The summed E-state index contributed by atoms with van der Waals surface area (Å²) in [7, 11) is 0. The van der Waals surface area contributed by atoms with Crippen molar-refractivity contribution in [3.05, 3.63) is 56.6 Å². The van der Waals surface area contributed by atoms with Gasteiger partial charge >= 0.3 is 0 Å². The lowest BCUT2D eigenvalue weighted by molar-refractivity contribution is -0.384. The number of hydrogen-bond donors (Lipinski definition) is 0. The van der Waals surface area contributed by atoms with Crippen molar-refractivity contribution in [2.24, 2.45) is 0 Å². The summed E-state index contributed by atoms with van der Waals surface area (Å²) in [5.41, 5.74) is -0.180. The van der Waals surface area contributed by atoms with Gasteiger partial charge in [-0.25, -0.2) is 4.98 Å². The largest absolute Gasteiger partial charge is 0.286 e. The summed E-state index contributed by atoms with van der Waals surface area (Å²) < 4.78 is 2.53. The number of hydrogen-bond acceptors (Lipinski definition) is 7. The van der Waals surface area contributed by atoms with Gasteiger partial charge in [-0.1, -0.05) is 11.8 Å². The van der Waals surface area contributed by atoms with Crippen molar-refractivity contribution in [2.45, 2.75) is 11.7 Å². The van der Waals surface area contributed by atoms with E-state index in [1.54, 1.807) is 0 Å². The minimum absolute atomic E-state index is 0.0791. The van der Waals surface area contributed by atoms with Crippen molar-refractivity contribution in [2.75, 3.05) is 5.75 Å². The molecule has 9 nitrogen and oxygen atoms in total. The maximum absolute atomic E-state index is 12.7. The highest BCUT2D eigenvalue weighted by atomic mass is 32.2. The Balaban J connectivity index is 1.82. The molecule has 120 valence electrons. The Morgan fingerprint density at radius 1 is 1.33 bits per heavy atom. The van der Waals surface area contributed by atoms with Crippen LogP contribution in [0.2, 0.25) is 0 Å². The van der Waals surface area contributed by atoms with Gasteiger partial charge in [-0.15, -0.1) is 0 Å². The molecular weight excluding hydrogens is 334 g/mol. The molecule has 1 aliphatic rings. The summed E-state index contributed by atoms with van der Waals surface area (Å²) in [6.45, 7) is 0.513. The minimum Gasteiger partial charge on any atom is -0.286 e. The molecule has 0 amide bonds. The molecule has 0 N–H and O–H groups in total. The first-order valence-electron chi connectivity index (χ1n) is 6.96. The Labute approximate surface area is 138 Å². The topological polar surface area (TPSA) is 113 Å². The zero-order valence-corrected chi connectivity index (χ0v) is 12.9. The van der Waals surface area contributed by atoms with Gasteiger partial charge in [-0.2, -0.15) is 9.78 Å².